The molecule has 0 aliphatic heterocycles. The van der Waals surface area contributed by atoms with E-state index in [0.717, 1.165) is 12.1 Å². The monoisotopic (exact) mass is 171 g/mol. The maximum absolute atomic E-state index is 12.6. The third-order valence-corrected chi connectivity index (χ3v) is 1.57. The van der Waals surface area contributed by atoms with Crippen LogP contribution in [0.1, 0.15) is 18.5 Å². The van der Waals surface area contributed by atoms with Crippen LogP contribution in [-0.4, -0.2) is 10.2 Å². The van der Waals surface area contributed by atoms with Gasteiger partial charge in [0.2, 0.25) is 0 Å². The molecule has 4 N–H and O–H groups in total. The molecule has 1 atom stereocenters. The fourth-order valence-corrected chi connectivity index (χ4v) is 0.953. The van der Waals surface area contributed by atoms with Gasteiger partial charge in [0.1, 0.15) is 5.82 Å². The molecule has 4 heteroatoms. The van der Waals surface area contributed by atoms with Crippen molar-refractivity contribution in [2.75, 3.05) is 0 Å². The second-order valence-electron chi connectivity index (χ2n) is 2.65. The zero-order valence-electron chi connectivity index (χ0n) is 6.58. The minimum absolute atomic E-state index is 0.201. The Morgan fingerprint density at radius 3 is 2.50 bits per heavy atom. The van der Waals surface area contributed by atoms with Gasteiger partial charge in [-0.05, 0) is 13.0 Å². The minimum Gasteiger partial charge on any atom is -0.504 e. The third-order valence-electron chi connectivity index (χ3n) is 1.57. The standard InChI is InChI=1S/C8H10FNO2/c1-4(10)6-2-5(9)3-7(11)8(6)12/h2-4,11-12H,10H2,1H3. The summed E-state index contributed by atoms with van der Waals surface area (Å²) in [5.74, 6) is -1.45. The molecule has 0 radical (unpaired) electrons. The van der Waals surface area contributed by atoms with E-state index in [-0.39, 0.29) is 11.3 Å². The van der Waals surface area contributed by atoms with E-state index in [0.29, 0.717) is 0 Å². The molecule has 12 heavy (non-hydrogen) atoms. The van der Waals surface area contributed by atoms with Crippen molar-refractivity contribution in [2.45, 2.75) is 13.0 Å². The van der Waals surface area contributed by atoms with Crippen LogP contribution in [0.25, 0.3) is 0 Å². The summed E-state index contributed by atoms with van der Waals surface area (Å²) < 4.78 is 12.6. The van der Waals surface area contributed by atoms with E-state index in [1.807, 2.05) is 0 Å². The highest BCUT2D eigenvalue weighted by Gasteiger charge is 2.11. The van der Waals surface area contributed by atoms with Crippen molar-refractivity contribution in [2.24, 2.45) is 5.73 Å². The predicted molar refractivity (Wildman–Crippen MR) is 42.3 cm³/mol. The molecular weight excluding hydrogens is 161 g/mol. The Kier molecular flexibility index (Phi) is 2.19. The number of nitrogens with two attached hydrogens (primary N) is 1. The lowest BCUT2D eigenvalue weighted by atomic mass is 10.1. The lowest BCUT2D eigenvalue weighted by molar-refractivity contribution is 0.392. The maximum Gasteiger partial charge on any atom is 0.162 e. The largest absolute Gasteiger partial charge is 0.504 e. The average molecular weight is 171 g/mol. The second kappa shape index (κ2) is 2.98. The van der Waals surface area contributed by atoms with Crippen LogP contribution in [0.2, 0.25) is 0 Å². The normalized spacial score (nSPS) is 12.9. The highest BCUT2D eigenvalue weighted by atomic mass is 19.1. The van der Waals surface area contributed by atoms with Gasteiger partial charge in [-0.25, -0.2) is 4.39 Å². The van der Waals surface area contributed by atoms with Crippen molar-refractivity contribution >= 4 is 0 Å². The number of rotatable bonds is 1. The average Bonchev–Trinajstić information content (AvgIpc) is 1.96. The lowest BCUT2D eigenvalue weighted by Crippen LogP contribution is -2.05. The summed E-state index contributed by atoms with van der Waals surface area (Å²) in [5, 5.41) is 18.2. The number of phenolic OH excluding ortho intramolecular Hbond substituents is 2. The van der Waals surface area contributed by atoms with Crippen molar-refractivity contribution in [1.82, 2.24) is 0 Å². The maximum atomic E-state index is 12.6. The van der Waals surface area contributed by atoms with E-state index in [9.17, 15) is 9.50 Å². The van der Waals surface area contributed by atoms with Crippen LogP contribution < -0.4 is 5.73 Å². The van der Waals surface area contributed by atoms with Crippen LogP contribution in [0.5, 0.6) is 11.5 Å². The van der Waals surface area contributed by atoms with E-state index in [2.05, 4.69) is 0 Å². The number of phenols is 2. The van der Waals surface area contributed by atoms with Gasteiger partial charge in [0.15, 0.2) is 11.5 Å². The van der Waals surface area contributed by atoms with Gasteiger partial charge in [0.05, 0.1) is 0 Å². The van der Waals surface area contributed by atoms with Gasteiger partial charge in [-0.2, -0.15) is 0 Å². The van der Waals surface area contributed by atoms with Crippen LogP contribution in [0.4, 0.5) is 4.39 Å². The zero-order valence-corrected chi connectivity index (χ0v) is 6.58. The van der Waals surface area contributed by atoms with Gasteiger partial charge in [0, 0.05) is 17.7 Å². The van der Waals surface area contributed by atoms with Gasteiger partial charge in [-0.15, -0.1) is 0 Å². The first kappa shape index (κ1) is 8.80. The van der Waals surface area contributed by atoms with Gasteiger partial charge >= 0.3 is 0 Å². The van der Waals surface area contributed by atoms with E-state index < -0.39 is 17.6 Å². The second-order valence-corrected chi connectivity index (χ2v) is 2.65. The fraction of sp³-hybridized carbons (Fsp3) is 0.250. The molecule has 0 amide bonds. The zero-order chi connectivity index (χ0) is 9.30. The number of hydrogen-bond acceptors (Lipinski definition) is 3. The van der Waals surface area contributed by atoms with Crippen LogP contribution in [-0.2, 0) is 0 Å². The molecular formula is C8H10FNO2. The first-order chi connectivity index (χ1) is 5.52. The number of hydrogen-bond donors (Lipinski definition) is 3. The summed E-state index contributed by atoms with van der Waals surface area (Å²) in [5.41, 5.74) is 5.62. The summed E-state index contributed by atoms with van der Waals surface area (Å²) in [4.78, 5) is 0. The molecule has 1 rings (SSSR count). The quantitative estimate of drug-likeness (QED) is 0.557. The van der Waals surface area contributed by atoms with Gasteiger partial charge in [0.25, 0.3) is 0 Å². The van der Waals surface area contributed by atoms with Gasteiger partial charge < -0.3 is 15.9 Å². The summed E-state index contributed by atoms with van der Waals surface area (Å²) in [7, 11) is 0. The summed E-state index contributed by atoms with van der Waals surface area (Å²) in [6, 6.07) is 1.42. The van der Waals surface area contributed by atoms with Crippen molar-refractivity contribution < 1.29 is 14.6 Å². The summed E-state index contributed by atoms with van der Waals surface area (Å²) in [6.45, 7) is 1.59. The molecule has 0 aromatic heterocycles. The number of benzene rings is 1. The fourth-order valence-electron chi connectivity index (χ4n) is 0.953. The Morgan fingerprint density at radius 1 is 1.42 bits per heavy atom. The molecule has 0 bridgehead atoms. The lowest BCUT2D eigenvalue weighted by Gasteiger charge is -2.09. The molecule has 0 saturated carbocycles. The van der Waals surface area contributed by atoms with Crippen LogP contribution in [0.3, 0.4) is 0 Å². The molecule has 0 aliphatic rings. The molecule has 1 unspecified atom stereocenters. The van der Waals surface area contributed by atoms with Crippen LogP contribution >= 0.6 is 0 Å². The molecule has 0 aliphatic carbocycles. The third kappa shape index (κ3) is 1.48. The van der Waals surface area contributed by atoms with E-state index in [1.165, 1.54) is 0 Å². The molecule has 0 spiro atoms. The van der Waals surface area contributed by atoms with E-state index in [1.54, 1.807) is 6.92 Å². The Labute approximate surface area is 69.3 Å². The van der Waals surface area contributed by atoms with Crippen molar-refractivity contribution in [1.29, 1.82) is 0 Å². The summed E-state index contributed by atoms with van der Waals surface area (Å²) >= 11 is 0. The molecule has 1 aromatic rings. The minimum atomic E-state index is -0.613. The van der Waals surface area contributed by atoms with Crippen molar-refractivity contribution in [3.63, 3.8) is 0 Å². The van der Waals surface area contributed by atoms with Gasteiger partial charge in [-0.1, -0.05) is 0 Å². The molecule has 0 heterocycles. The highest BCUT2D eigenvalue weighted by molar-refractivity contribution is 5.46. The molecule has 0 saturated heterocycles. The van der Waals surface area contributed by atoms with Crippen LogP contribution in [0.15, 0.2) is 12.1 Å². The Bertz CT molecular complexity index is 299. The highest BCUT2D eigenvalue weighted by Crippen LogP contribution is 2.32. The number of aromatic hydroxyl groups is 2. The van der Waals surface area contributed by atoms with Crippen molar-refractivity contribution in [3.05, 3.63) is 23.5 Å². The van der Waals surface area contributed by atoms with E-state index in [4.69, 9.17) is 10.8 Å². The Balaban J connectivity index is 3.28. The Hall–Kier alpha value is -1.29. The SMILES string of the molecule is CC(N)c1cc(F)cc(O)c1O. The number of halogens is 1. The van der Waals surface area contributed by atoms with Crippen molar-refractivity contribution in [3.8, 4) is 11.5 Å². The van der Waals surface area contributed by atoms with Gasteiger partial charge in [-0.3, -0.25) is 0 Å². The molecule has 1 aromatic carbocycles. The molecule has 0 fully saturated rings. The Morgan fingerprint density at radius 2 is 2.00 bits per heavy atom. The summed E-state index contributed by atoms with van der Waals surface area (Å²) in [6.07, 6.45) is 0. The van der Waals surface area contributed by atoms with Crippen LogP contribution in [0, 0.1) is 5.82 Å². The predicted octanol–water partition coefficient (Wildman–Crippen LogP) is 1.26. The molecule has 66 valence electrons. The first-order valence-electron chi connectivity index (χ1n) is 3.49. The van der Waals surface area contributed by atoms with E-state index >= 15 is 0 Å². The molecule has 3 nitrogen and oxygen atoms in total. The first-order valence-corrected chi connectivity index (χ1v) is 3.49. The smallest absolute Gasteiger partial charge is 0.162 e. The topological polar surface area (TPSA) is 66.5 Å².